The molecule has 3 nitrogen and oxygen atoms in total. The van der Waals surface area contributed by atoms with Crippen LogP contribution in [-0.4, -0.2) is 9.13 Å². The summed E-state index contributed by atoms with van der Waals surface area (Å²) in [5.74, 6) is 0.368. The van der Waals surface area contributed by atoms with Crippen LogP contribution in [0.15, 0.2) is 229 Å². The van der Waals surface area contributed by atoms with Crippen molar-refractivity contribution in [3.63, 3.8) is 0 Å². The number of nitrogens with zero attached hydrogens (tertiary/aromatic N) is 2. The van der Waals surface area contributed by atoms with Crippen molar-refractivity contribution in [3.8, 4) is 44.8 Å². The van der Waals surface area contributed by atoms with Gasteiger partial charge in [-0.2, -0.15) is 0 Å². The molecule has 0 bridgehead atoms. The largest absolute Gasteiger partial charge is 0.456 e. The van der Waals surface area contributed by atoms with Crippen LogP contribution in [0.4, 0.5) is 0 Å². The summed E-state index contributed by atoms with van der Waals surface area (Å²) in [7, 11) is 0. The Kier molecular flexibility index (Phi) is 10.2. The number of para-hydroxylation sites is 2. The number of hydrogen-bond acceptors (Lipinski definition) is 1. The van der Waals surface area contributed by atoms with Gasteiger partial charge in [0.1, 0.15) is 11.2 Å². The Morgan fingerprint density at radius 2 is 1.08 bits per heavy atom. The normalized spacial score (nSPS) is 15.1. The zero-order valence-corrected chi connectivity index (χ0v) is 39.8. The minimum Gasteiger partial charge on any atom is -0.456 e. The molecule has 2 unspecified atom stereocenters. The van der Waals surface area contributed by atoms with Crippen LogP contribution in [-0.2, 0) is 0 Å². The van der Waals surface area contributed by atoms with Crippen molar-refractivity contribution in [2.24, 2.45) is 5.92 Å². The number of furan rings is 1. The number of aromatic nitrogens is 2. The first-order valence-corrected chi connectivity index (χ1v) is 24.6. The molecule has 2 atom stereocenters. The van der Waals surface area contributed by atoms with Gasteiger partial charge in [0.2, 0.25) is 0 Å². The Morgan fingerprint density at radius 3 is 1.83 bits per heavy atom. The number of fused-ring (bicyclic) bond motifs is 7. The Balaban J connectivity index is 0.937. The van der Waals surface area contributed by atoms with E-state index in [1.165, 1.54) is 71.6 Å². The van der Waals surface area contributed by atoms with Crippen molar-refractivity contribution in [2.75, 3.05) is 0 Å². The van der Waals surface area contributed by atoms with E-state index in [1.807, 2.05) is 12.1 Å². The molecule has 0 amide bonds. The molecule has 3 heterocycles. The second kappa shape index (κ2) is 17.2. The number of hydrogen-bond donors (Lipinski definition) is 0. The molecule has 3 heteroatoms. The minimum absolute atomic E-state index is 0.150. The van der Waals surface area contributed by atoms with Gasteiger partial charge < -0.3 is 13.6 Å². The van der Waals surface area contributed by atoms with Crippen LogP contribution < -0.4 is 21.1 Å². The lowest BCUT2D eigenvalue weighted by Gasteiger charge is -2.22. The third-order valence-electron chi connectivity index (χ3n) is 14.7. The summed E-state index contributed by atoms with van der Waals surface area (Å²) in [6.07, 6.45) is 9.47. The molecule has 0 fully saturated rings. The smallest absolute Gasteiger partial charge is 0.137 e. The summed E-state index contributed by atoms with van der Waals surface area (Å²) in [6.45, 7) is 9.34. The van der Waals surface area contributed by atoms with Crippen LogP contribution in [0, 0.1) is 5.92 Å². The van der Waals surface area contributed by atoms with E-state index in [0.29, 0.717) is 0 Å². The van der Waals surface area contributed by atoms with E-state index in [0.717, 1.165) is 54.8 Å². The van der Waals surface area contributed by atoms with Crippen molar-refractivity contribution < 1.29 is 4.42 Å². The van der Waals surface area contributed by atoms with Gasteiger partial charge in [0.25, 0.3) is 0 Å². The average Bonchev–Trinajstić information content (AvgIpc) is 4.06. The third-order valence-corrected chi connectivity index (χ3v) is 14.7. The molecule has 12 aromatic rings. The average molecular weight is 911 g/mol. The first-order valence-electron chi connectivity index (χ1n) is 24.6. The van der Waals surface area contributed by atoms with Crippen molar-refractivity contribution in [1.82, 2.24) is 9.13 Å². The SMILES string of the molecule is C=c1/c(=C\C=C(/C)c2ccccc2)n(-c2ccc3c(c2)oc2ccccc23)c2ccc(C3C=c4c(n(-c5cccc(-c6cc(-c7ccccc7)cc(-c7ccccc7)c6)c5)c5ccccc45)=CC3C)cc12. The Labute approximate surface area is 412 Å². The molecular formula is C68H50N2O. The zero-order valence-electron chi connectivity index (χ0n) is 39.8. The molecule has 338 valence electrons. The van der Waals surface area contributed by atoms with Crippen LogP contribution in [0.2, 0.25) is 0 Å². The standard InChI is InChI=1S/C68H50N2O/c1-44(47-18-7-4-8-19-47)30-34-63-46(3)61-41-51(31-35-65(61)69(63)56-32-33-59-58-27-14-16-29-67(58)71-68(59)42-56)60-43-62-57-26-13-15-28-64(57)70(66(62)36-45(60)2)55-25-17-24-50(40-55)54-38-52(48-20-9-5-10-21-48)37-53(39-54)49-22-11-6-12-23-49/h4-43,45,60H,3H2,1-2H3/b44-30+,63-34+. The lowest BCUT2D eigenvalue weighted by atomic mass is 9.83. The predicted molar refractivity (Wildman–Crippen MR) is 300 cm³/mol. The fourth-order valence-electron chi connectivity index (χ4n) is 11.1. The van der Waals surface area contributed by atoms with Crippen LogP contribution in [0.1, 0.15) is 30.9 Å². The third kappa shape index (κ3) is 7.37. The fraction of sp³-hybridized carbons (Fsp3) is 0.0588. The number of rotatable bonds is 8. The summed E-state index contributed by atoms with van der Waals surface area (Å²) in [5, 5.41) is 9.18. The molecule has 9 aromatic carbocycles. The highest BCUT2D eigenvalue weighted by Crippen LogP contribution is 2.36. The van der Waals surface area contributed by atoms with E-state index in [4.69, 9.17) is 11.0 Å². The van der Waals surface area contributed by atoms with E-state index in [-0.39, 0.29) is 11.8 Å². The summed E-state index contributed by atoms with van der Waals surface area (Å²) >= 11 is 0. The van der Waals surface area contributed by atoms with Crippen LogP contribution in [0.25, 0.3) is 119 Å². The van der Waals surface area contributed by atoms with Crippen molar-refractivity contribution in [1.29, 1.82) is 0 Å². The van der Waals surface area contributed by atoms with Gasteiger partial charge in [0.15, 0.2) is 0 Å². The highest BCUT2D eigenvalue weighted by molar-refractivity contribution is 6.05. The lowest BCUT2D eigenvalue weighted by molar-refractivity contribution is 0.668. The molecule has 1 aliphatic carbocycles. The lowest BCUT2D eigenvalue weighted by Crippen LogP contribution is -2.34. The topological polar surface area (TPSA) is 23.0 Å². The van der Waals surface area contributed by atoms with E-state index in [9.17, 15) is 0 Å². The molecule has 0 aliphatic heterocycles. The molecule has 71 heavy (non-hydrogen) atoms. The summed E-state index contributed by atoms with van der Waals surface area (Å²) < 4.78 is 11.3. The molecule has 1 aliphatic rings. The molecule has 3 aromatic heterocycles. The maximum atomic E-state index is 6.43. The Morgan fingerprint density at radius 1 is 0.479 bits per heavy atom. The minimum atomic E-state index is 0.150. The molecule has 0 radical (unpaired) electrons. The second-order valence-corrected chi connectivity index (χ2v) is 19.1. The molecule has 0 saturated heterocycles. The van der Waals surface area contributed by atoms with E-state index in [2.05, 4.69) is 254 Å². The summed E-state index contributed by atoms with van der Waals surface area (Å²) in [6, 6.07) is 78.8. The van der Waals surface area contributed by atoms with Gasteiger partial charge in [0, 0.05) is 55.3 Å². The maximum Gasteiger partial charge on any atom is 0.137 e. The first kappa shape index (κ1) is 42.2. The predicted octanol–water partition coefficient (Wildman–Crippen LogP) is 14.8. The van der Waals surface area contributed by atoms with Crippen LogP contribution in [0.5, 0.6) is 0 Å². The molecule has 0 N–H and O–H groups in total. The van der Waals surface area contributed by atoms with E-state index < -0.39 is 0 Å². The van der Waals surface area contributed by atoms with E-state index in [1.54, 1.807) is 0 Å². The first-order chi connectivity index (χ1) is 34.9. The van der Waals surface area contributed by atoms with Gasteiger partial charge in [0.05, 0.1) is 21.7 Å². The summed E-state index contributed by atoms with van der Waals surface area (Å²) in [5.41, 5.74) is 17.1. The van der Waals surface area contributed by atoms with Gasteiger partial charge in [-0.15, -0.1) is 0 Å². The van der Waals surface area contributed by atoms with Gasteiger partial charge in [-0.3, -0.25) is 0 Å². The summed E-state index contributed by atoms with van der Waals surface area (Å²) in [4.78, 5) is 0. The Hall–Kier alpha value is -8.92. The fourth-order valence-corrected chi connectivity index (χ4v) is 11.1. The monoisotopic (exact) mass is 910 g/mol. The van der Waals surface area contributed by atoms with Gasteiger partial charge in [-0.25, -0.2) is 0 Å². The number of benzene rings is 9. The second-order valence-electron chi connectivity index (χ2n) is 19.1. The van der Waals surface area contributed by atoms with Crippen LogP contribution in [0.3, 0.4) is 0 Å². The van der Waals surface area contributed by atoms with Gasteiger partial charge in [-0.05, 0) is 136 Å². The van der Waals surface area contributed by atoms with Gasteiger partial charge in [-0.1, -0.05) is 177 Å². The highest BCUT2D eigenvalue weighted by Gasteiger charge is 2.24. The Bertz CT molecular complexity index is 4260. The van der Waals surface area contributed by atoms with Crippen LogP contribution >= 0.6 is 0 Å². The van der Waals surface area contributed by atoms with Crippen molar-refractivity contribution in [3.05, 3.63) is 257 Å². The van der Waals surface area contributed by atoms with Crippen molar-refractivity contribution in [2.45, 2.75) is 19.8 Å². The quantitative estimate of drug-likeness (QED) is 0.149. The molecule has 0 spiro atoms. The molecule has 0 saturated carbocycles. The highest BCUT2D eigenvalue weighted by atomic mass is 16.3. The molecule has 13 rings (SSSR count). The molecular weight excluding hydrogens is 861 g/mol. The maximum absolute atomic E-state index is 6.43. The van der Waals surface area contributed by atoms with Gasteiger partial charge >= 0.3 is 0 Å². The van der Waals surface area contributed by atoms with E-state index >= 15 is 0 Å². The number of allylic oxidation sites excluding steroid dienone is 2. The van der Waals surface area contributed by atoms with Crippen molar-refractivity contribution >= 4 is 74.1 Å². The zero-order chi connectivity index (χ0) is 47.6.